The van der Waals surface area contributed by atoms with Gasteiger partial charge in [0.05, 0.1) is 22.1 Å². The van der Waals surface area contributed by atoms with Gasteiger partial charge >= 0.3 is 0 Å². The lowest BCUT2D eigenvalue weighted by molar-refractivity contribution is 0.669. The van der Waals surface area contributed by atoms with Crippen LogP contribution in [0.2, 0.25) is 0 Å². The zero-order chi connectivity index (χ0) is 28.1. The highest BCUT2D eigenvalue weighted by atomic mass is 16.3. The van der Waals surface area contributed by atoms with Crippen molar-refractivity contribution in [3.8, 4) is 11.4 Å². The van der Waals surface area contributed by atoms with Gasteiger partial charge in [-0.3, -0.25) is 0 Å². The number of hydrogen-bond donors (Lipinski definition) is 0. The first-order valence-corrected chi connectivity index (χ1v) is 14.7. The number of aromatic nitrogens is 2. The molecule has 0 N–H and O–H groups in total. The minimum Gasteiger partial charge on any atom is -0.456 e. The van der Waals surface area contributed by atoms with Gasteiger partial charge in [-0.25, -0.2) is 0 Å². The number of para-hydroxylation sites is 3. The average molecular weight is 549 g/mol. The Morgan fingerprint density at radius 1 is 0.349 bits per heavy atom. The van der Waals surface area contributed by atoms with E-state index in [1.165, 1.54) is 60.1 Å². The SMILES string of the molecule is c1ccc(-n2c3ccccc3c3c4c5ccccc5n(-c5ccc6oc7cc8ccccc8cc7c6c5)c4ccc32)cc1. The lowest BCUT2D eigenvalue weighted by atomic mass is 10.1. The van der Waals surface area contributed by atoms with Gasteiger partial charge in [-0.2, -0.15) is 0 Å². The predicted octanol–water partition coefficient (Wildman–Crippen LogP) is 10.9. The van der Waals surface area contributed by atoms with E-state index in [9.17, 15) is 0 Å². The maximum Gasteiger partial charge on any atom is 0.136 e. The maximum atomic E-state index is 6.35. The van der Waals surface area contributed by atoms with Crippen LogP contribution >= 0.6 is 0 Å². The molecule has 3 aromatic heterocycles. The summed E-state index contributed by atoms with van der Waals surface area (Å²) >= 11 is 0. The normalized spacial score (nSPS) is 12.2. The number of benzene rings is 7. The Labute approximate surface area is 246 Å². The molecular formula is C40H24N2O. The van der Waals surface area contributed by atoms with Gasteiger partial charge in [-0.1, -0.05) is 78.9 Å². The molecule has 0 bridgehead atoms. The summed E-state index contributed by atoms with van der Waals surface area (Å²) < 4.78 is 11.2. The van der Waals surface area contributed by atoms with Crippen molar-refractivity contribution in [2.24, 2.45) is 0 Å². The number of fused-ring (bicyclic) bond motifs is 11. The molecule has 3 heteroatoms. The van der Waals surface area contributed by atoms with Crippen LogP contribution in [-0.2, 0) is 0 Å². The van der Waals surface area contributed by atoms with E-state index in [4.69, 9.17) is 4.42 Å². The Kier molecular flexibility index (Phi) is 4.45. The third kappa shape index (κ3) is 3.08. The van der Waals surface area contributed by atoms with Gasteiger partial charge in [-0.15, -0.1) is 0 Å². The van der Waals surface area contributed by atoms with Crippen molar-refractivity contribution < 1.29 is 4.42 Å². The van der Waals surface area contributed by atoms with E-state index in [1.807, 2.05) is 0 Å². The fourth-order valence-corrected chi connectivity index (χ4v) is 7.24. The molecule has 10 aromatic rings. The van der Waals surface area contributed by atoms with Gasteiger partial charge < -0.3 is 13.6 Å². The van der Waals surface area contributed by atoms with Gasteiger partial charge in [0.1, 0.15) is 11.2 Å². The second-order valence-electron chi connectivity index (χ2n) is 11.4. The van der Waals surface area contributed by atoms with Crippen LogP contribution in [0, 0.1) is 0 Å². The smallest absolute Gasteiger partial charge is 0.136 e. The van der Waals surface area contributed by atoms with Crippen LogP contribution in [-0.4, -0.2) is 9.13 Å². The molecule has 7 aromatic carbocycles. The molecular weight excluding hydrogens is 524 g/mol. The standard InChI is InChI=1S/C40H24N2O/c1-2-12-27(13-3-1)41-33-16-8-6-14-29(33)39-35(41)19-20-36-40(39)30-15-7-9-17-34(30)42(36)28-18-21-37-32(24-28)31-22-25-10-4-5-11-26(25)23-38(31)43-37/h1-24H. The summed E-state index contributed by atoms with van der Waals surface area (Å²) in [6, 6.07) is 52.3. The monoisotopic (exact) mass is 548 g/mol. The van der Waals surface area contributed by atoms with Crippen LogP contribution in [0.5, 0.6) is 0 Å². The molecule has 43 heavy (non-hydrogen) atoms. The number of hydrogen-bond acceptors (Lipinski definition) is 1. The van der Waals surface area contributed by atoms with E-state index in [1.54, 1.807) is 0 Å². The summed E-state index contributed by atoms with van der Waals surface area (Å²) in [6.45, 7) is 0. The molecule has 0 radical (unpaired) electrons. The predicted molar refractivity (Wildman–Crippen MR) is 180 cm³/mol. The minimum absolute atomic E-state index is 0.906. The number of furan rings is 1. The highest BCUT2D eigenvalue weighted by Gasteiger charge is 2.20. The van der Waals surface area contributed by atoms with Crippen LogP contribution < -0.4 is 0 Å². The summed E-state index contributed by atoms with van der Waals surface area (Å²) in [7, 11) is 0. The van der Waals surface area contributed by atoms with Gasteiger partial charge in [0, 0.05) is 43.7 Å². The lowest BCUT2D eigenvalue weighted by Crippen LogP contribution is -1.94. The van der Waals surface area contributed by atoms with Crippen molar-refractivity contribution in [1.82, 2.24) is 9.13 Å². The summed E-state index contributed by atoms with van der Waals surface area (Å²) in [5.74, 6) is 0. The van der Waals surface area contributed by atoms with Crippen LogP contribution in [0.1, 0.15) is 0 Å². The third-order valence-corrected chi connectivity index (χ3v) is 9.07. The first-order chi connectivity index (χ1) is 21.3. The van der Waals surface area contributed by atoms with E-state index in [-0.39, 0.29) is 0 Å². The molecule has 0 fully saturated rings. The second-order valence-corrected chi connectivity index (χ2v) is 11.4. The van der Waals surface area contributed by atoms with Crippen LogP contribution in [0.15, 0.2) is 150 Å². The van der Waals surface area contributed by atoms with E-state index >= 15 is 0 Å². The van der Waals surface area contributed by atoms with Crippen LogP contribution in [0.4, 0.5) is 0 Å². The summed E-state index contributed by atoms with van der Waals surface area (Å²) in [5, 5.41) is 9.76. The fourth-order valence-electron chi connectivity index (χ4n) is 7.24. The van der Waals surface area contributed by atoms with Gasteiger partial charge in [0.15, 0.2) is 0 Å². The first-order valence-electron chi connectivity index (χ1n) is 14.7. The highest BCUT2D eigenvalue weighted by Crippen LogP contribution is 2.43. The third-order valence-electron chi connectivity index (χ3n) is 9.07. The fraction of sp³-hybridized carbons (Fsp3) is 0. The molecule has 0 aliphatic rings. The topological polar surface area (TPSA) is 23.0 Å². The Hall–Kier alpha value is -5.80. The zero-order valence-electron chi connectivity index (χ0n) is 23.2. The zero-order valence-corrected chi connectivity index (χ0v) is 23.2. The molecule has 10 rings (SSSR count). The summed E-state index contributed by atoms with van der Waals surface area (Å²) in [5.41, 5.74) is 8.94. The molecule has 0 aliphatic heterocycles. The number of nitrogens with zero attached hydrogens (tertiary/aromatic N) is 2. The highest BCUT2D eigenvalue weighted by molar-refractivity contribution is 6.29. The molecule has 3 nitrogen and oxygen atoms in total. The van der Waals surface area contributed by atoms with Gasteiger partial charge in [0.2, 0.25) is 0 Å². The molecule has 0 saturated carbocycles. The van der Waals surface area contributed by atoms with Crippen molar-refractivity contribution in [1.29, 1.82) is 0 Å². The van der Waals surface area contributed by atoms with Crippen LogP contribution in [0.3, 0.4) is 0 Å². The van der Waals surface area contributed by atoms with Crippen molar-refractivity contribution >= 4 is 76.3 Å². The Balaban J connectivity index is 1.32. The van der Waals surface area contributed by atoms with E-state index in [0.29, 0.717) is 0 Å². The van der Waals surface area contributed by atoms with Crippen LogP contribution in [0.25, 0.3) is 87.7 Å². The molecule has 0 atom stereocenters. The molecule has 0 aliphatic carbocycles. The minimum atomic E-state index is 0.906. The van der Waals surface area contributed by atoms with Crippen molar-refractivity contribution in [3.05, 3.63) is 146 Å². The van der Waals surface area contributed by atoms with Crippen molar-refractivity contribution in [2.75, 3.05) is 0 Å². The van der Waals surface area contributed by atoms with Crippen molar-refractivity contribution in [2.45, 2.75) is 0 Å². The second kappa shape index (κ2) is 8.37. The summed E-state index contributed by atoms with van der Waals surface area (Å²) in [4.78, 5) is 0. The number of rotatable bonds is 2. The van der Waals surface area contributed by atoms with E-state index in [0.717, 1.165) is 27.6 Å². The Morgan fingerprint density at radius 3 is 1.60 bits per heavy atom. The largest absolute Gasteiger partial charge is 0.456 e. The lowest BCUT2D eigenvalue weighted by Gasteiger charge is -2.09. The van der Waals surface area contributed by atoms with E-state index < -0.39 is 0 Å². The molecule has 3 heterocycles. The van der Waals surface area contributed by atoms with Gasteiger partial charge in [0.25, 0.3) is 0 Å². The molecule has 0 saturated heterocycles. The maximum absolute atomic E-state index is 6.35. The first kappa shape index (κ1) is 22.8. The van der Waals surface area contributed by atoms with Crippen molar-refractivity contribution in [3.63, 3.8) is 0 Å². The van der Waals surface area contributed by atoms with Gasteiger partial charge in [-0.05, 0) is 77.5 Å². The summed E-state index contributed by atoms with van der Waals surface area (Å²) in [6.07, 6.45) is 0. The molecule has 0 spiro atoms. The van der Waals surface area contributed by atoms with E-state index in [2.05, 4.69) is 155 Å². The molecule has 0 unspecified atom stereocenters. The Morgan fingerprint density at radius 2 is 0.907 bits per heavy atom. The quantitative estimate of drug-likeness (QED) is 0.211. The molecule has 0 amide bonds. The molecule has 200 valence electrons. The Bertz CT molecular complexity index is 2720. The average Bonchev–Trinajstić information content (AvgIpc) is 3.71.